The number of aromatic nitrogens is 1. The van der Waals surface area contributed by atoms with Gasteiger partial charge >= 0.3 is 0 Å². The lowest BCUT2D eigenvalue weighted by molar-refractivity contribution is 0.210. The van der Waals surface area contributed by atoms with Crippen molar-refractivity contribution in [3.63, 3.8) is 0 Å². The second kappa shape index (κ2) is 10.0. The van der Waals surface area contributed by atoms with Gasteiger partial charge < -0.3 is 9.88 Å². The molecular formula is C30H40N4. The van der Waals surface area contributed by atoms with Crippen LogP contribution in [-0.4, -0.2) is 47.6 Å². The first kappa shape index (κ1) is 23.3. The third kappa shape index (κ3) is 4.57. The molecule has 180 valence electrons. The van der Waals surface area contributed by atoms with Gasteiger partial charge in [-0.15, -0.1) is 0 Å². The zero-order valence-corrected chi connectivity index (χ0v) is 21.4. The van der Waals surface area contributed by atoms with Crippen molar-refractivity contribution in [1.29, 1.82) is 0 Å². The number of hydrogen-bond acceptors (Lipinski definition) is 3. The minimum atomic E-state index is 0.234. The van der Waals surface area contributed by atoms with Gasteiger partial charge in [-0.3, -0.25) is 4.99 Å². The maximum Gasteiger partial charge on any atom is 0.111 e. The molecule has 3 heterocycles. The number of hydrogen-bond donors (Lipinski definition) is 1. The molecule has 0 spiro atoms. The summed E-state index contributed by atoms with van der Waals surface area (Å²) in [5, 5.41) is 1.41. The minimum Gasteiger partial charge on any atom is -0.354 e. The molecule has 2 aromatic rings. The lowest BCUT2D eigenvalue weighted by Gasteiger charge is -2.32. The molecule has 34 heavy (non-hydrogen) atoms. The Bertz CT molecular complexity index is 1150. The predicted octanol–water partition coefficient (Wildman–Crippen LogP) is 7.25. The third-order valence-corrected chi connectivity index (χ3v) is 7.96. The highest BCUT2D eigenvalue weighted by molar-refractivity contribution is 6.11. The summed E-state index contributed by atoms with van der Waals surface area (Å²) in [4.78, 5) is 15.6. The second-order valence-corrected chi connectivity index (χ2v) is 10.7. The largest absolute Gasteiger partial charge is 0.354 e. The van der Waals surface area contributed by atoms with E-state index < -0.39 is 0 Å². The van der Waals surface area contributed by atoms with Crippen LogP contribution in [-0.2, 0) is 0 Å². The van der Waals surface area contributed by atoms with E-state index in [-0.39, 0.29) is 6.04 Å². The average molecular weight is 457 g/mol. The van der Waals surface area contributed by atoms with Crippen LogP contribution in [0.2, 0.25) is 0 Å². The van der Waals surface area contributed by atoms with Crippen LogP contribution in [0.4, 0.5) is 0 Å². The number of rotatable bonds is 6. The fourth-order valence-corrected chi connectivity index (χ4v) is 6.03. The molecule has 0 bridgehead atoms. The fraction of sp³-hybridized carbons (Fsp3) is 0.533. The van der Waals surface area contributed by atoms with E-state index in [0.717, 1.165) is 18.6 Å². The molecule has 1 N–H and O–H groups in total. The molecule has 1 saturated heterocycles. The van der Waals surface area contributed by atoms with Gasteiger partial charge in [0, 0.05) is 16.6 Å². The Morgan fingerprint density at radius 3 is 2.74 bits per heavy atom. The quantitative estimate of drug-likeness (QED) is 0.489. The Kier molecular flexibility index (Phi) is 6.87. The molecule has 0 radical (unpaired) electrons. The van der Waals surface area contributed by atoms with E-state index in [1.54, 1.807) is 6.34 Å². The summed E-state index contributed by atoms with van der Waals surface area (Å²) in [6.45, 7) is 12.9. The van der Waals surface area contributed by atoms with Crippen molar-refractivity contribution in [1.82, 2.24) is 9.88 Å². The minimum absolute atomic E-state index is 0.234. The Morgan fingerprint density at radius 2 is 1.97 bits per heavy atom. The number of nitrogens with zero attached hydrogens (tertiary/aromatic N) is 3. The second-order valence-electron chi connectivity index (χ2n) is 10.7. The van der Waals surface area contributed by atoms with Crippen LogP contribution >= 0.6 is 0 Å². The maximum absolute atomic E-state index is 4.57. The van der Waals surface area contributed by atoms with E-state index in [0.29, 0.717) is 11.8 Å². The SMILES string of the molecule is CCCCN1CCC(c2ccc3[nH]c(C4=C/CCC5N=CN=C5/C(C)=C\4)c(C(C)C)c3c2)CC1. The van der Waals surface area contributed by atoms with E-state index in [1.165, 1.54) is 84.2 Å². The molecule has 1 atom stereocenters. The van der Waals surface area contributed by atoms with E-state index >= 15 is 0 Å². The van der Waals surface area contributed by atoms with Crippen LogP contribution in [0.5, 0.6) is 0 Å². The normalized spacial score (nSPS) is 25.0. The lowest BCUT2D eigenvalue weighted by atomic mass is 9.87. The first-order valence-corrected chi connectivity index (χ1v) is 13.4. The van der Waals surface area contributed by atoms with Crippen molar-refractivity contribution < 1.29 is 0 Å². The van der Waals surface area contributed by atoms with Crippen LogP contribution in [0, 0.1) is 0 Å². The van der Waals surface area contributed by atoms with Crippen LogP contribution in [0.3, 0.4) is 0 Å². The molecule has 1 unspecified atom stereocenters. The van der Waals surface area contributed by atoms with Crippen molar-refractivity contribution >= 4 is 28.5 Å². The monoisotopic (exact) mass is 456 g/mol. The average Bonchev–Trinajstić information content (AvgIpc) is 3.45. The number of allylic oxidation sites excluding steroid dienone is 3. The number of fused-ring (bicyclic) bond motifs is 2. The molecular weight excluding hydrogens is 416 g/mol. The fourth-order valence-electron chi connectivity index (χ4n) is 6.03. The molecule has 1 aromatic heterocycles. The number of piperidine rings is 1. The van der Waals surface area contributed by atoms with Crippen LogP contribution in [0.1, 0.15) is 94.9 Å². The topological polar surface area (TPSA) is 43.8 Å². The standard InChI is InChI=1S/C30H40N4/c1-5-6-14-34-15-12-22(13-16-34)23-10-11-26-25(18-23)28(20(2)3)30(33-26)24-8-7-9-27-29(21(4)17-24)32-19-31-27/h8,10-11,17-20,22,27,33H,5-7,9,12-16H2,1-4H3/b21-17-,24-8+. The number of aromatic amines is 1. The highest BCUT2D eigenvalue weighted by Crippen LogP contribution is 2.38. The highest BCUT2D eigenvalue weighted by Gasteiger charge is 2.25. The Balaban J connectivity index is 1.46. The molecule has 5 rings (SSSR count). The van der Waals surface area contributed by atoms with Crippen molar-refractivity contribution in [2.24, 2.45) is 9.98 Å². The Hall–Kier alpha value is -2.46. The van der Waals surface area contributed by atoms with E-state index in [4.69, 9.17) is 0 Å². The first-order valence-electron chi connectivity index (χ1n) is 13.4. The summed E-state index contributed by atoms with van der Waals surface area (Å²) >= 11 is 0. The van der Waals surface area contributed by atoms with Crippen molar-refractivity contribution in [3.05, 3.63) is 52.7 Å². The Morgan fingerprint density at radius 1 is 1.15 bits per heavy atom. The van der Waals surface area contributed by atoms with E-state index in [9.17, 15) is 0 Å². The van der Waals surface area contributed by atoms with Crippen LogP contribution in [0.25, 0.3) is 16.5 Å². The molecule has 1 aliphatic carbocycles. The molecule has 3 aliphatic rings. The number of H-pyrrole nitrogens is 1. The number of unbranched alkanes of at least 4 members (excludes halogenated alkanes) is 1. The van der Waals surface area contributed by atoms with Gasteiger partial charge in [-0.1, -0.05) is 39.3 Å². The summed E-state index contributed by atoms with van der Waals surface area (Å²) < 4.78 is 0. The van der Waals surface area contributed by atoms with Gasteiger partial charge in [0.15, 0.2) is 0 Å². The van der Waals surface area contributed by atoms with Gasteiger partial charge in [0.1, 0.15) is 6.34 Å². The number of aliphatic imine (C=N–C) groups is 2. The third-order valence-electron chi connectivity index (χ3n) is 7.96. The molecule has 1 aromatic carbocycles. The summed E-state index contributed by atoms with van der Waals surface area (Å²) in [6.07, 6.45) is 13.7. The zero-order chi connectivity index (χ0) is 23.7. The van der Waals surface area contributed by atoms with Gasteiger partial charge in [0.25, 0.3) is 0 Å². The van der Waals surface area contributed by atoms with Gasteiger partial charge in [-0.05, 0) is 111 Å². The smallest absolute Gasteiger partial charge is 0.111 e. The van der Waals surface area contributed by atoms with Gasteiger partial charge in [0.05, 0.1) is 11.8 Å². The number of nitrogens with one attached hydrogen (secondary N) is 1. The van der Waals surface area contributed by atoms with Crippen molar-refractivity contribution in [2.75, 3.05) is 19.6 Å². The van der Waals surface area contributed by atoms with E-state index in [2.05, 4.69) is 77.9 Å². The number of likely N-dealkylation sites (tertiary alicyclic amines) is 1. The molecule has 0 saturated carbocycles. The van der Waals surface area contributed by atoms with Crippen molar-refractivity contribution in [3.8, 4) is 0 Å². The van der Waals surface area contributed by atoms with Crippen molar-refractivity contribution in [2.45, 2.75) is 84.1 Å². The first-order chi connectivity index (χ1) is 16.5. The Labute approximate surface area is 205 Å². The van der Waals surface area contributed by atoms with Gasteiger partial charge in [-0.25, -0.2) is 4.99 Å². The van der Waals surface area contributed by atoms with Gasteiger partial charge in [0.2, 0.25) is 0 Å². The van der Waals surface area contributed by atoms with Crippen LogP contribution in [0.15, 0.2) is 45.9 Å². The lowest BCUT2D eigenvalue weighted by Crippen LogP contribution is -2.33. The highest BCUT2D eigenvalue weighted by atomic mass is 15.1. The molecule has 4 nitrogen and oxygen atoms in total. The van der Waals surface area contributed by atoms with E-state index in [1.807, 2.05) is 0 Å². The van der Waals surface area contributed by atoms with Gasteiger partial charge in [-0.2, -0.15) is 0 Å². The van der Waals surface area contributed by atoms with Crippen LogP contribution < -0.4 is 0 Å². The molecule has 4 heteroatoms. The summed E-state index contributed by atoms with van der Waals surface area (Å²) in [6, 6.07) is 7.44. The predicted molar refractivity (Wildman–Crippen MR) is 146 cm³/mol. The number of benzene rings is 1. The summed E-state index contributed by atoms with van der Waals surface area (Å²) in [5.74, 6) is 1.13. The molecule has 0 amide bonds. The maximum atomic E-state index is 4.57. The summed E-state index contributed by atoms with van der Waals surface area (Å²) in [5.41, 5.74) is 9.20. The molecule has 1 fully saturated rings. The summed E-state index contributed by atoms with van der Waals surface area (Å²) in [7, 11) is 0. The molecule has 2 aliphatic heterocycles. The zero-order valence-electron chi connectivity index (χ0n) is 21.4.